The molecule has 0 spiro atoms. The van der Waals surface area contributed by atoms with E-state index in [0.717, 1.165) is 6.42 Å². The van der Waals surface area contributed by atoms with Gasteiger partial charge in [0.2, 0.25) is 0 Å². The minimum atomic E-state index is 0.258. The predicted octanol–water partition coefficient (Wildman–Crippen LogP) is 3.32. The molecule has 3 unspecified atom stereocenters. The molecule has 1 fully saturated rings. The summed E-state index contributed by atoms with van der Waals surface area (Å²) in [6, 6.07) is 5.85. The summed E-state index contributed by atoms with van der Waals surface area (Å²) < 4.78 is 0. The van der Waals surface area contributed by atoms with Crippen molar-refractivity contribution < 1.29 is 0 Å². The lowest BCUT2D eigenvalue weighted by atomic mass is 10.0. The SMILES string of the molecule is CCC(N)C(c1ccc(C)s1)N1CCCC1C. The Labute approximate surface area is 109 Å². The van der Waals surface area contributed by atoms with Gasteiger partial charge in [-0.1, -0.05) is 6.92 Å². The summed E-state index contributed by atoms with van der Waals surface area (Å²) in [6.45, 7) is 7.91. The molecule has 2 N–H and O–H groups in total. The van der Waals surface area contributed by atoms with Gasteiger partial charge >= 0.3 is 0 Å². The van der Waals surface area contributed by atoms with Crippen LogP contribution in [0.2, 0.25) is 0 Å². The van der Waals surface area contributed by atoms with Crippen molar-refractivity contribution in [1.82, 2.24) is 4.90 Å². The Hall–Kier alpha value is -0.380. The lowest BCUT2D eigenvalue weighted by molar-refractivity contribution is 0.166. The van der Waals surface area contributed by atoms with E-state index in [2.05, 4.69) is 37.8 Å². The topological polar surface area (TPSA) is 29.3 Å². The minimum Gasteiger partial charge on any atom is -0.326 e. The summed E-state index contributed by atoms with van der Waals surface area (Å²) in [5.41, 5.74) is 6.37. The Balaban J connectivity index is 2.24. The molecule has 3 atom stereocenters. The zero-order valence-corrected chi connectivity index (χ0v) is 12.0. The Morgan fingerprint density at radius 2 is 2.29 bits per heavy atom. The summed E-state index contributed by atoms with van der Waals surface area (Å²) in [4.78, 5) is 5.45. The number of thiophene rings is 1. The van der Waals surface area contributed by atoms with Gasteiger partial charge in [0.1, 0.15) is 0 Å². The molecule has 1 aliphatic heterocycles. The van der Waals surface area contributed by atoms with Crippen LogP contribution in [-0.4, -0.2) is 23.5 Å². The van der Waals surface area contributed by atoms with E-state index >= 15 is 0 Å². The fourth-order valence-corrected chi connectivity index (χ4v) is 3.90. The number of rotatable bonds is 4. The van der Waals surface area contributed by atoms with Crippen molar-refractivity contribution in [3.05, 3.63) is 21.9 Å². The van der Waals surface area contributed by atoms with E-state index in [9.17, 15) is 0 Å². The zero-order valence-electron chi connectivity index (χ0n) is 11.1. The minimum absolute atomic E-state index is 0.258. The van der Waals surface area contributed by atoms with Crippen LogP contribution in [0.1, 0.15) is 48.9 Å². The van der Waals surface area contributed by atoms with Crippen LogP contribution in [0.25, 0.3) is 0 Å². The van der Waals surface area contributed by atoms with E-state index in [1.807, 2.05) is 11.3 Å². The van der Waals surface area contributed by atoms with Crippen LogP contribution in [-0.2, 0) is 0 Å². The average molecular weight is 252 g/mol. The Bertz CT molecular complexity index is 361. The number of nitrogens with two attached hydrogens (primary N) is 1. The molecule has 1 aliphatic rings. The second-order valence-corrected chi connectivity index (χ2v) is 6.51. The zero-order chi connectivity index (χ0) is 12.4. The molecule has 0 aromatic carbocycles. The molecule has 2 nitrogen and oxygen atoms in total. The Morgan fingerprint density at radius 3 is 2.76 bits per heavy atom. The highest BCUT2D eigenvalue weighted by molar-refractivity contribution is 7.12. The Kier molecular flexibility index (Phi) is 4.23. The van der Waals surface area contributed by atoms with Crippen LogP contribution in [0.5, 0.6) is 0 Å². The van der Waals surface area contributed by atoms with Gasteiger partial charge in [0.15, 0.2) is 0 Å². The summed E-state index contributed by atoms with van der Waals surface area (Å²) in [7, 11) is 0. The van der Waals surface area contributed by atoms with Crippen LogP contribution in [0.4, 0.5) is 0 Å². The number of aryl methyl sites for hydroxylation is 1. The lowest BCUT2D eigenvalue weighted by Gasteiger charge is -2.34. The van der Waals surface area contributed by atoms with E-state index in [0.29, 0.717) is 12.1 Å². The molecule has 1 aromatic heterocycles. The van der Waals surface area contributed by atoms with Crippen molar-refractivity contribution in [2.24, 2.45) is 5.73 Å². The first-order valence-corrected chi connectivity index (χ1v) is 7.52. The van der Waals surface area contributed by atoms with E-state index in [1.54, 1.807) is 0 Å². The molecule has 1 saturated heterocycles. The van der Waals surface area contributed by atoms with Crippen LogP contribution in [0, 0.1) is 6.92 Å². The van der Waals surface area contributed by atoms with Gasteiger partial charge in [0.05, 0.1) is 6.04 Å². The molecular weight excluding hydrogens is 228 g/mol. The van der Waals surface area contributed by atoms with Gasteiger partial charge in [-0.05, 0) is 51.8 Å². The van der Waals surface area contributed by atoms with Gasteiger partial charge in [0, 0.05) is 21.8 Å². The maximum atomic E-state index is 6.37. The molecule has 17 heavy (non-hydrogen) atoms. The molecule has 2 heterocycles. The first-order valence-electron chi connectivity index (χ1n) is 6.71. The summed E-state index contributed by atoms with van der Waals surface area (Å²) in [5, 5.41) is 0. The van der Waals surface area contributed by atoms with Crippen molar-refractivity contribution >= 4 is 11.3 Å². The molecule has 0 amide bonds. The van der Waals surface area contributed by atoms with Gasteiger partial charge < -0.3 is 5.73 Å². The van der Waals surface area contributed by atoms with Crippen molar-refractivity contribution in [3.63, 3.8) is 0 Å². The first-order chi connectivity index (χ1) is 8.13. The maximum absolute atomic E-state index is 6.37. The molecule has 0 radical (unpaired) electrons. The second kappa shape index (κ2) is 5.51. The average Bonchev–Trinajstić information content (AvgIpc) is 2.90. The molecule has 96 valence electrons. The molecular formula is C14H24N2S. The fourth-order valence-electron chi connectivity index (χ4n) is 2.82. The number of nitrogens with zero attached hydrogens (tertiary/aromatic N) is 1. The standard InChI is InChI=1S/C14H24N2S/c1-4-12(15)14(13-8-7-11(3)17-13)16-9-5-6-10(16)2/h7-8,10,12,14H,4-6,9,15H2,1-3H3. The third-order valence-electron chi connectivity index (χ3n) is 3.89. The van der Waals surface area contributed by atoms with Crippen LogP contribution < -0.4 is 5.73 Å². The highest BCUT2D eigenvalue weighted by Crippen LogP contribution is 2.35. The summed E-state index contributed by atoms with van der Waals surface area (Å²) in [6.07, 6.45) is 3.68. The first kappa shape index (κ1) is 13.1. The maximum Gasteiger partial charge on any atom is 0.0595 e. The largest absolute Gasteiger partial charge is 0.326 e. The summed E-state index contributed by atoms with van der Waals surface area (Å²) >= 11 is 1.91. The number of likely N-dealkylation sites (tertiary alicyclic amines) is 1. The second-order valence-electron chi connectivity index (χ2n) is 5.19. The highest BCUT2D eigenvalue weighted by Gasteiger charge is 2.32. The van der Waals surface area contributed by atoms with Gasteiger partial charge in [-0.2, -0.15) is 0 Å². The summed E-state index contributed by atoms with van der Waals surface area (Å²) in [5.74, 6) is 0. The van der Waals surface area contributed by atoms with Crippen LogP contribution in [0.15, 0.2) is 12.1 Å². The van der Waals surface area contributed by atoms with Gasteiger partial charge in [-0.15, -0.1) is 11.3 Å². The molecule has 0 aliphatic carbocycles. The van der Waals surface area contributed by atoms with Crippen molar-refractivity contribution in [2.75, 3.05) is 6.54 Å². The van der Waals surface area contributed by atoms with Crippen molar-refractivity contribution in [2.45, 2.75) is 58.2 Å². The fraction of sp³-hybridized carbons (Fsp3) is 0.714. The van der Waals surface area contributed by atoms with Gasteiger partial charge in [-0.25, -0.2) is 0 Å². The van der Waals surface area contributed by atoms with Crippen molar-refractivity contribution in [3.8, 4) is 0 Å². The Morgan fingerprint density at radius 1 is 1.53 bits per heavy atom. The molecule has 0 saturated carbocycles. The predicted molar refractivity (Wildman–Crippen MR) is 75.5 cm³/mol. The van der Waals surface area contributed by atoms with Crippen LogP contribution in [0.3, 0.4) is 0 Å². The lowest BCUT2D eigenvalue weighted by Crippen LogP contribution is -2.42. The van der Waals surface area contributed by atoms with E-state index in [4.69, 9.17) is 5.73 Å². The van der Waals surface area contributed by atoms with Gasteiger partial charge in [0.25, 0.3) is 0 Å². The quantitative estimate of drug-likeness (QED) is 0.890. The smallest absolute Gasteiger partial charge is 0.0595 e. The normalized spacial score (nSPS) is 25.1. The highest BCUT2D eigenvalue weighted by atomic mass is 32.1. The molecule has 2 rings (SSSR count). The third kappa shape index (κ3) is 2.72. The van der Waals surface area contributed by atoms with Crippen molar-refractivity contribution in [1.29, 1.82) is 0 Å². The number of hydrogen-bond donors (Lipinski definition) is 1. The monoisotopic (exact) mass is 252 g/mol. The van der Waals surface area contributed by atoms with Crippen LogP contribution >= 0.6 is 11.3 Å². The molecule has 0 bridgehead atoms. The molecule has 1 aromatic rings. The van der Waals surface area contributed by atoms with Gasteiger partial charge in [-0.3, -0.25) is 4.90 Å². The number of hydrogen-bond acceptors (Lipinski definition) is 3. The molecule has 3 heteroatoms. The van der Waals surface area contributed by atoms with E-state index in [-0.39, 0.29) is 6.04 Å². The van der Waals surface area contributed by atoms with E-state index < -0.39 is 0 Å². The van der Waals surface area contributed by atoms with E-state index in [1.165, 1.54) is 29.1 Å². The third-order valence-corrected chi connectivity index (χ3v) is 4.96.